The van der Waals surface area contributed by atoms with Gasteiger partial charge in [0.15, 0.2) is 0 Å². The normalized spacial score (nSPS) is 16.0. The lowest BCUT2D eigenvalue weighted by molar-refractivity contribution is 0.102. The molecule has 0 radical (unpaired) electrons. The van der Waals surface area contributed by atoms with Crippen molar-refractivity contribution in [1.82, 2.24) is 0 Å². The van der Waals surface area contributed by atoms with Crippen LogP contribution in [0.3, 0.4) is 0 Å². The summed E-state index contributed by atoms with van der Waals surface area (Å²) in [6.45, 7) is 2.30. The summed E-state index contributed by atoms with van der Waals surface area (Å²) < 4.78 is 25.5. The number of rotatable bonds is 3. The van der Waals surface area contributed by atoms with Gasteiger partial charge in [0.05, 0.1) is 21.5 Å². The molecule has 1 saturated heterocycles. The maximum Gasteiger partial charge on any atom is 0.255 e. The second-order valence-corrected chi connectivity index (χ2v) is 8.65. The van der Waals surface area contributed by atoms with Crippen LogP contribution in [0.4, 0.5) is 11.4 Å². The van der Waals surface area contributed by atoms with Crippen molar-refractivity contribution in [3.63, 3.8) is 0 Å². The van der Waals surface area contributed by atoms with E-state index in [9.17, 15) is 13.2 Å². The van der Waals surface area contributed by atoms with Crippen LogP contribution >= 0.6 is 23.2 Å². The Morgan fingerprint density at radius 3 is 2.48 bits per heavy atom. The lowest BCUT2D eigenvalue weighted by Gasteiger charge is -2.20. The van der Waals surface area contributed by atoms with Gasteiger partial charge < -0.3 is 5.32 Å². The van der Waals surface area contributed by atoms with Gasteiger partial charge in [-0.25, -0.2) is 8.42 Å². The number of anilines is 2. The van der Waals surface area contributed by atoms with E-state index in [1.54, 1.807) is 30.3 Å². The van der Waals surface area contributed by atoms with Gasteiger partial charge in [-0.15, -0.1) is 0 Å². The molecule has 0 aliphatic carbocycles. The largest absolute Gasteiger partial charge is 0.322 e. The standard InChI is InChI=1S/C17H16Cl2N2O3S/c1-11-9-13(4-6-16(11)21-7-2-8-25(21,23)24)20-17(22)12-3-5-14(18)15(19)10-12/h3-6,9-10H,2,7-8H2,1H3,(H,20,22). The molecule has 1 aliphatic rings. The van der Waals surface area contributed by atoms with Crippen molar-refractivity contribution in [3.8, 4) is 0 Å². The van der Waals surface area contributed by atoms with Crippen LogP contribution in [0.1, 0.15) is 22.3 Å². The fourth-order valence-corrected chi connectivity index (χ4v) is 4.69. The quantitative estimate of drug-likeness (QED) is 0.846. The Kier molecular flexibility index (Phi) is 4.95. The number of carbonyl (C=O) groups excluding carboxylic acids is 1. The molecule has 1 heterocycles. The molecular formula is C17H16Cl2N2O3S. The molecule has 25 heavy (non-hydrogen) atoms. The third kappa shape index (κ3) is 3.76. The number of amides is 1. The number of halogens is 2. The highest BCUT2D eigenvalue weighted by atomic mass is 35.5. The molecule has 0 atom stereocenters. The number of hydrogen-bond acceptors (Lipinski definition) is 3. The second-order valence-electron chi connectivity index (χ2n) is 5.83. The van der Waals surface area contributed by atoms with Gasteiger partial charge in [0.2, 0.25) is 10.0 Å². The van der Waals surface area contributed by atoms with Gasteiger partial charge in [0.1, 0.15) is 0 Å². The van der Waals surface area contributed by atoms with E-state index in [0.717, 1.165) is 5.56 Å². The molecule has 1 amide bonds. The summed E-state index contributed by atoms with van der Waals surface area (Å²) >= 11 is 11.8. The van der Waals surface area contributed by atoms with E-state index >= 15 is 0 Å². The zero-order valence-corrected chi connectivity index (χ0v) is 15.7. The van der Waals surface area contributed by atoms with E-state index in [4.69, 9.17) is 23.2 Å². The first-order chi connectivity index (χ1) is 11.8. The third-order valence-electron chi connectivity index (χ3n) is 4.00. The van der Waals surface area contributed by atoms with Crippen LogP contribution in [0, 0.1) is 6.92 Å². The monoisotopic (exact) mass is 398 g/mol. The van der Waals surface area contributed by atoms with Gasteiger partial charge in [-0.05, 0) is 55.3 Å². The zero-order valence-electron chi connectivity index (χ0n) is 13.4. The fourth-order valence-electron chi connectivity index (χ4n) is 2.76. The number of nitrogens with one attached hydrogen (secondary N) is 1. The Bertz CT molecular complexity index is 945. The highest BCUT2D eigenvalue weighted by Crippen LogP contribution is 2.29. The number of sulfonamides is 1. The first-order valence-electron chi connectivity index (χ1n) is 7.65. The smallest absolute Gasteiger partial charge is 0.255 e. The molecule has 1 N–H and O–H groups in total. The Labute approximate surface area is 156 Å². The van der Waals surface area contributed by atoms with Crippen molar-refractivity contribution < 1.29 is 13.2 Å². The molecule has 0 saturated carbocycles. The molecule has 3 rings (SSSR count). The van der Waals surface area contributed by atoms with E-state index in [2.05, 4.69) is 5.32 Å². The van der Waals surface area contributed by atoms with E-state index in [0.29, 0.717) is 39.9 Å². The highest BCUT2D eigenvalue weighted by molar-refractivity contribution is 7.93. The van der Waals surface area contributed by atoms with Crippen molar-refractivity contribution in [2.45, 2.75) is 13.3 Å². The first-order valence-corrected chi connectivity index (χ1v) is 10.0. The maximum absolute atomic E-state index is 12.3. The minimum Gasteiger partial charge on any atom is -0.322 e. The topological polar surface area (TPSA) is 66.5 Å². The van der Waals surface area contributed by atoms with Gasteiger partial charge >= 0.3 is 0 Å². The summed E-state index contributed by atoms with van der Waals surface area (Å²) in [5.74, 6) is -0.151. The number of nitrogens with zero attached hydrogens (tertiary/aromatic N) is 1. The highest BCUT2D eigenvalue weighted by Gasteiger charge is 2.29. The van der Waals surface area contributed by atoms with Crippen molar-refractivity contribution in [3.05, 3.63) is 57.6 Å². The van der Waals surface area contributed by atoms with Crippen molar-refractivity contribution in [2.24, 2.45) is 0 Å². The first kappa shape index (κ1) is 18.0. The predicted molar refractivity (Wildman–Crippen MR) is 101 cm³/mol. The third-order valence-corrected chi connectivity index (χ3v) is 6.60. The molecule has 0 bridgehead atoms. The van der Waals surface area contributed by atoms with Crippen LogP contribution in [0.5, 0.6) is 0 Å². The van der Waals surface area contributed by atoms with Gasteiger partial charge in [0.25, 0.3) is 5.91 Å². The minimum atomic E-state index is -3.23. The lowest BCUT2D eigenvalue weighted by Crippen LogP contribution is -2.25. The number of carbonyl (C=O) groups is 1. The summed E-state index contributed by atoms with van der Waals surface area (Å²) in [5, 5.41) is 3.46. The molecule has 8 heteroatoms. The van der Waals surface area contributed by atoms with Gasteiger partial charge in [0, 0.05) is 17.8 Å². The molecule has 0 aromatic heterocycles. The van der Waals surface area contributed by atoms with Crippen LogP contribution in [0.25, 0.3) is 0 Å². The van der Waals surface area contributed by atoms with Crippen molar-refractivity contribution in [1.29, 1.82) is 0 Å². The molecule has 1 fully saturated rings. The Hall–Kier alpha value is -1.76. The predicted octanol–water partition coefficient (Wildman–Crippen LogP) is 4.09. The van der Waals surface area contributed by atoms with Crippen LogP contribution in [-0.4, -0.2) is 26.6 Å². The zero-order chi connectivity index (χ0) is 18.2. The number of aryl methyl sites for hydroxylation is 1. The SMILES string of the molecule is Cc1cc(NC(=O)c2ccc(Cl)c(Cl)c2)ccc1N1CCCS1(=O)=O. The van der Waals surface area contributed by atoms with E-state index in [-0.39, 0.29) is 11.7 Å². The number of benzene rings is 2. The van der Waals surface area contributed by atoms with Crippen molar-refractivity contribution in [2.75, 3.05) is 21.9 Å². The van der Waals surface area contributed by atoms with Crippen LogP contribution in [-0.2, 0) is 10.0 Å². The van der Waals surface area contributed by atoms with Crippen LogP contribution < -0.4 is 9.62 Å². The molecule has 132 valence electrons. The summed E-state index contributed by atoms with van der Waals surface area (Å²) in [6.07, 6.45) is 0.623. The summed E-state index contributed by atoms with van der Waals surface area (Å²) in [7, 11) is -3.23. The molecule has 0 unspecified atom stereocenters. The van der Waals surface area contributed by atoms with Crippen LogP contribution in [0.2, 0.25) is 10.0 Å². The Balaban J connectivity index is 1.81. The van der Waals surface area contributed by atoms with E-state index in [1.165, 1.54) is 10.4 Å². The minimum absolute atomic E-state index is 0.169. The average Bonchev–Trinajstić information content (AvgIpc) is 2.89. The molecule has 0 spiro atoms. The Morgan fingerprint density at radius 2 is 1.88 bits per heavy atom. The van der Waals surface area contributed by atoms with Gasteiger partial charge in [-0.2, -0.15) is 0 Å². The maximum atomic E-state index is 12.3. The van der Waals surface area contributed by atoms with Gasteiger partial charge in [-0.1, -0.05) is 23.2 Å². The summed E-state index contributed by atoms with van der Waals surface area (Å²) in [4.78, 5) is 12.3. The Morgan fingerprint density at radius 1 is 1.12 bits per heavy atom. The molecule has 2 aromatic carbocycles. The second kappa shape index (κ2) is 6.86. The van der Waals surface area contributed by atoms with Crippen LogP contribution in [0.15, 0.2) is 36.4 Å². The summed E-state index contributed by atoms with van der Waals surface area (Å²) in [6, 6.07) is 9.79. The van der Waals surface area contributed by atoms with E-state index < -0.39 is 10.0 Å². The molecular weight excluding hydrogens is 383 g/mol. The average molecular weight is 399 g/mol. The fraction of sp³-hybridized carbons (Fsp3) is 0.235. The lowest BCUT2D eigenvalue weighted by atomic mass is 10.1. The molecule has 5 nitrogen and oxygen atoms in total. The summed E-state index contributed by atoms with van der Waals surface area (Å²) in [5.41, 5.74) is 2.38. The van der Waals surface area contributed by atoms with Crippen molar-refractivity contribution >= 4 is 50.5 Å². The number of hydrogen-bond donors (Lipinski definition) is 1. The molecule has 2 aromatic rings. The van der Waals surface area contributed by atoms with Gasteiger partial charge in [-0.3, -0.25) is 9.10 Å². The molecule has 1 aliphatic heterocycles. The van der Waals surface area contributed by atoms with E-state index in [1.807, 2.05) is 6.92 Å².